The lowest BCUT2D eigenvalue weighted by molar-refractivity contribution is -0.143. The van der Waals surface area contributed by atoms with Crippen LogP contribution in [0.4, 0.5) is 0 Å². The third kappa shape index (κ3) is 2.25. The molecule has 0 aliphatic heterocycles. The molecule has 0 amide bonds. The highest BCUT2D eigenvalue weighted by atomic mass is 16.7. The maximum Gasteiger partial charge on any atom is 0.336 e. The summed E-state index contributed by atoms with van der Waals surface area (Å²) < 4.78 is 1.24. The van der Waals surface area contributed by atoms with Gasteiger partial charge < -0.3 is 4.84 Å². The fourth-order valence-corrected chi connectivity index (χ4v) is 0.574. The Morgan fingerprint density at radius 3 is 3.18 bits per heavy atom. The van der Waals surface area contributed by atoms with Crippen LogP contribution in [0, 0.1) is 0 Å². The highest BCUT2D eigenvalue weighted by Crippen LogP contribution is 1.85. The van der Waals surface area contributed by atoms with Crippen molar-refractivity contribution in [3.63, 3.8) is 0 Å². The molecule has 0 aliphatic rings. The lowest BCUT2D eigenvalue weighted by Crippen LogP contribution is -2.16. The Kier molecular flexibility index (Phi) is 2.43. The van der Waals surface area contributed by atoms with Crippen molar-refractivity contribution in [2.75, 3.05) is 0 Å². The van der Waals surface area contributed by atoms with E-state index in [-0.39, 0.29) is 12.4 Å². The van der Waals surface area contributed by atoms with Crippen LogP contribution in [0.2, 0.25) is 0 Å². The predicted molar refractivity (Wildman–Crippen MR) is 38.6 cm³/mol. The standard InChI is InChI=1S/C7H8N2O2/c1-2-3-7(10)11-9-5-4-8-6-9/h2,4-6H,1,3H2. The van der Waals surface area contributed by atoms with Crippen LogP contribution in [0.25, 0.3) is 0 Å². The van der Waals surface area contributed by atoms with Gasteiger partial charge in [0.1, 0.15) is 6.33 Å². The summed E-state index contributed by atoms with van der Waals surface area (Å²) in [6.45, 7) is 3.40. The molecular formula is C7H8N2O2. The first-order valence-corrected chi connectivity index (χ1v) is 3.13. The smallest absolute Gasteiger partial charge is 0.335 e. The molecule has 1 aromatic heterocycles. The number of aromatic nitrogens is 2. The molecule has 1 aromatic rings. The minimum absolute atomic E-state index is 0.207. The predicted octanol–water partition coefficient (Wildman–Crippen LogP) is 0.414. The van der Waals surface area contributed by atoms with Crippen LogP contribution in [0.5, 0.6) is 0 Å². The summed E-state index contributed by atoms with van der Waals surface area (Å²) in [7, 11) is 0. The van der Waals surface area contributed by atoms with Gasteiger partial charge in [0.25, 0.3) is 0 Å². The van der Waals surface area contributed by atoms with Crippen molar-refractivity contribution < 1.29 is 9.63 Å². The molecule has 1 heterocycles. The number of hydrogen-bond donors (Lipinski definition) is 0. The summed E-state index contributed by atoms with van der Waals surface area (Å²) in [6, 6.07) is 0. The fourth-order valence-electron chi connectivity index (χ4n) is 0.574. The molecule has 0 atom stereocenters. The Labute approximate surface area is 64.1 Å². The first kappa shape index (κ1) is 7.53. The van der Waals surface area contributed by atoms with Crippen LogP contribution in [0.3, 0.4) is 0 Å². The second kappa shape index (κ2) is 3.55. The third-order valence-corrected chi connectivity index (χ3v) is 0.998. The normalized spacial score (nSPS) is 9.09. The van der Waals surface area contributed by atoms with Crippen LogP contribution < -0.4 is 4.84 Å². The van der Waals surface area contributed by atoms with Crippen LogP contribution >= 0.6 is 0 Å². The van der Waals surface area contributed by atoms with Gasteiger partial charge in [-0.15, -0.1) is 6.58 Å². The van der Waals surface area contributed by atoms with Crippen LogP contribution in [-0.2, 0) is 4.79 Å². The molecule has 0 spiro atoms. The van der Waals surface area contributed by atoms with Gasteiger partial charge in [-0.05, 0) is 0 Å². The lowest BCUT2D eigenvalue weighted by atomic mass is 10.4. The van der Waals surface area contributed by atoms with E-state index >= 15 is 0 Å². The number of imidazole rings is 1. The van der Waals surface area contributed by atoms with Gasteiger partial charge in [-0.25, -0.2) is 9.78 Å². The molecule has 1 rings (SSSR count). The fraction of sp³-hybridized carbons (Fsp3) is 0.143. The minimum Gasteiger partial charge on any atom is -0.335 e. The molecule has 0 aliphatic carbocycles. The van der Waals surface area contributed by atoms with E-state index in [1.54, 1.807) is 6.20 Å². The largest absolute Gasteiger partial charge is 0.336 e. The van der Waals surface area contributed by atoms with Crippen molar-refractivity contribution in [3.8, 4) is 0 Å². The van der Waals surface area contributed by atoms with Gasteiger partial charge in [0.15, 0.2) is 0 Å². The molecular weight excluding hydrogens is 144 g/mol. The summed E-state index contributed by atoms with van der Waals surface area (Å²) in [5.41, 5.74) is 0. The van der Waals surface area contributed by atoms with Gasteiger partial charge in [0, 0.05) is 6.20 Å². The highest BCUT2D eigenvalue weighted by Gasteiger charge is 1.99. The van der Waals surface area contributed by atoms with E-state index in [1.165, 1.54) is 23.3 Å². The van der Waals surface area contributed by atoms with E-state index in [9.17, 15) is 4.79 Å². The Balaban J connectivity index is 2.43. The Morgan fingerprint density at radius 1 is 1.82 bits per heavy atom. The van der Waals surface area contributed by atoms with Crippen molar-refractivity contribution in [1.82, 2.24) is 9.71 Å². The second-order valence-electron chi connectivity index (χ2n) is 1.88. The zero-order chi connectivity index (χ0) is 8.10. The molecule has 4 nitrogen and oxygen atoms in total. The molecule has 58 valence electrons. The number of carbonyl (C=O) groups is 1. The maximum absolute atomic E-state index is 10.8. The van der Waals surface area contributed by atoms with Crippen molar-refractivity contribution in [2.24, 2.45) is 0 Å². The SMILES string of the molecule is C=CCC(=O)On1ccnc1. The quantitative estimate of drug-likeness (QED) is 0.589. The van der Waals surface area contributed by atoms with Gasteiger partial charge in [0.2, 0.25) is 0 Å². The second-order valence-corrected chi connectivity index (χ2v) is 1.88. The van der Waals surface area contributed by atoms with Crippen molar-refractivity contribution in [3.05, 3.63) is 31.4 Å². The molecule has 0 N–H and O–H groups in total. The first-order valence-electron chi connectivity index (χ1n) is 3.13. The molecule has 0 saturated carbocycles. The summed E-state index contributed by atoms with van der Waals surface area (Å²) in [5, 5.41) is 0. The van der Waals surface area contributed by atoms with E-state index in [1.807, 2.05) is 0 Å². The summed E-state index contributed by atoms with van der Waals surface area (Å²) in [4.78, 5) is 19.2. The summed E-state index contributed by atoms with van der Waals surface area (Å²) in [5.74, 6) is -0.349. The van der Waals surface area contributed by atoms with E-state index in [2.05, 4.69) is 11.6 Å². The Bertz CT molecular complexity index is 241. The monoisotopic (exact) mass is 152 g/mol. The van der Waals surface area contributed by atoms with Crippen molar-refractivity contribution in [1.29, 1.82) is 0 Å². The average molecular weight is 152 g/mol. The van der Waals surface area contributed by atoms with Gasteiger partial charge in [-0.2, -0.15) is 4.73 Å². The lowest BCUT2D eigenvalue weighted by Gasteiger charge is -1.99. The van der Waals surface area contributed by atoms with Crippen LogP contribution in [0.1, 0.15) is 6.42 Å². The average Bonchev–Trinajstić information content (AvgIpc) is 2.40. The van der Waals surface area contributed by atoms with E-state index in [4.69, 9.17) is 4.84 Å². The van der Waals surface area contributed by atoms with E-state index in [0.29, 0.717) is 0 Å². The molecule has 11 heavy (non-hydrogen) atoms. The molecule has 0 radical (unpaired) electrons. The molecule has 0 saturated heterocycles. The Morgan fingerprint density at radius 2 is 2.64 bits per heavy atom. The van der Waals surface area contributed by atoms with Gasteiger partial charge in [0.05, 0.1) is 12.6 Å². The number of carbonyl (C=O) groups excluding carboxylic acids is 1. The van der Waals surface area contributed by atoms with Crippen LogP contribution in [-0.4, -0.2) is 15.7 Å². The molecule has 0 unspecified atom stereocenters. The zero-order valence-corrected chi connectivity index (χ0v) is 5.93. The summed E-state index contributed by atoms with van der Waals surface area (Å²) in [6.07, 6.45) is 6.17. The topological polar surface area (TPSA) is 44.1 Å². The van der Waals surface area contributed by atoms with Crippen LogP contribution in [0.15, 0.2) is 31.4 Å². The van der Waals surface area contributed by atoms with E-state index in [0.717, 1.165) is 0 Å². The summed E-state index contributed by atoms with van der Waals surface area (Å²) >= 11 is 0. The third-order valence-electron chi connectivity index (χ3n) is 0.998. The van der Waals surface area contributed by atoms with Gasteiger partial charge in [-0.3, -0.25) is 0 Å². The van der Waals surface area contributed by atoms with Gasteiger partial charge in [-0.1, -0.05) is 6.08 Å². The number of hydrogen-bond acceptors (Lipinski definition) is 3. The van der Waals surface area contributed by atoms with Crippen molar-refractivity contribution >= 4 is 5.97 Å². The molecule has 0 bridgehead atoms. The number of rotatable bonds is 3. The molecule has 4 heteroatoms. The van der Waals surface area contributed by atoms with Gasteiger partial charge >= 0.3 is 5.97 Å². The minimum atomic E-state index is -0.349. The Hall–Kier alpha value is -1.58. The first-order chi connectivity index (χ1) is 5.33. The molecule has 0 fully saturated rings. The molecule has 0 aromatic carbocycles. The van der Waals surface area contributed by atoms with Crippen molar-refractivity contribution in [2.45, 2.75) is 6.42 Å². The number of nitrogens with zero attached hydrogens (tertiary/aromatic N) is 2. The maximum atomic E-state index is 10.8. The zero-order valence-electron chi connectivity index (χ0n) is 5.93. The highest BCUT2D eigenvalue weighted by molar-refractivity contribution is 5.71. The van der Waals surface area contributed by atoms with E-state index < -0.39 is 0 Å².